The molecule has 1 aliphatic rings. The molecule has 6 nitrogen and oxygen atoms in total. The van der Waals surface area contributed by atoms with Crippen molar-refractivity contribution in [3.8, 4) is 5.82 Å². The molecule has 6 heteroatoms. The zero-order valence-electron chi connectivity index (χ0n) is 11.4. The van der Waals surface area contributed by atoms with Gasteiger partial charge in [0.1, 0.15) is 5.69 Å². The number of nitrogens with zero attached hydrogens (tertiary/aromatic N) is 4. The number of rotatable bonds is 2. The third-order valence-corrected chi connectivity index (χ3v) is 3.45. The van der Waals surface area contributed by atoms with E-state index < -0.39 is 0 Å². The van der Waals surface area contributed by atoms with Gasteiger partial charge in [-0.3, -0.25) is 4.79 Å². The van der Waals surface area contributed by atoms with Crippen LogP contribution in [0.15, 0.2) is 36.7 Å². The Balaban J connectivity index is 1.86. The van der Waals surface area contributed by atoms with E-state index in [-0.39, 0.29) is 11.9 Å². The Hall–Kier alpha value is -2.21. The first kappa shape index (κ1) is 12.8. The summed E-state index contributed by atoms with van der Waals surface area (Å²) in [5, 5.41) is 7.41. The molecule has 3 heterocycles. The number of carbonyl (C=O) groups excluding carboxylic acids is 1. The second-order valence-corrected chi connectivity index (χ2v) is 4.88. The Morgan fingerprint density at radius 3 is 3.05 bits per heavy atom. The molecule has 0 saturated carbocycles. The van der Waals surface area contributed by atoms with Crippen molar-refractivity contribution in [1.29, 1.82) is 0 Å². The van der Waals surface area contributed by atoms with Crippen LogP contribution in [0, 0.1) is 0 Å². The predicted molar refractivity (Wildman–Crippen MR) is 74.7 cm³/mol. The van der Waals surface area contributed by atoms with E-state index in [1.54, 1.807) is 16.9 Å². The van der Waals surface area contributed by atoms with Gasteiger partial charge in [0.15, 0.2) is 5.82 Å². The van der Waals surface area contributed by atoms with E-state index in [0.717, 1.165) is 13.1 Å². The van der Waals surface area contributed by atoms with Crippen LogP contribution < -0.4 is 5.32 Å². The Morgan fingerprint density at radius 1 is 1.40 bits per heavy atom. The number of hydrogen-bond donors (Lipinski definition) is 1. The highest BCUT2D eigenvalue weighted by Crippen LogP contribution is 2.11. The first-order valence-corrected chi connectivity index (χ1v) is 6.74. The van der Waals surface area contributed by atoms with E-state index in [1.807, 2.05) is 36.2 Å². The third-order valence-electron chi connectivity index (χ3n) is 3.45. The highest BCUT2D eigenvalue weighted by atomic mass is 16.2. The van der Waals surface area contributed by atoms with E-state index in [0.29, 0.717) is 18.1 Å². The van der Waals surface area contributed by atoms with E-state index in [1.165, 1.54) is 0 Å². The first-order valence-electron chi connectivity index (χ1n) is 6.74. The molecule has 20 heavy (non-hydrogen) atoms. The minimum atomic E-state index is -0.0204. The Morgan fingerprint density at radius 2 is 2.30 bits per heavy atom. The standard InChI is InChI=1S/C14H17N5O/c1-11-10-15-7-9-18(11)14(20)12-4-2-5-13(17-12)19-8-3-6-16-19/h2-6,8,11,15H,7,9-10H2,1H3. The van der Waals surface area contributed by atoms with Crippen LogP contribution in [-0.4, -0.2) is 51.2 Å². The lowest BCUT2D eigenvalue weighted by molar-refractivity contribution is 0.0649. The predicted octanol–water partition coefficient (Wildman–Crippen LogP) is 0.701. The lowest BCUT2D eigenvalue weighted by atomic mass is 10.2. The van der Waals surface area contributed by atoms with Crippen LogP contribution in [0.3, 0.4) is 0 Å². The molecule has 1 aliphatic heterocycles. The van der Waals surface area contributed by atoms with Crippen molar-refractivity contribution < 1.29 is 4.79 Å². The summed E-state index contributed by atoms with van der Waals surface area (Å²) in [7, 11) is 0. The molecular formula is C14H17N5O. The molecule has 3 rings (SSSR count). The van der Waals surface area contributed by atoms with Crippen molar-refractivity contribution in [2.75, 3.05) is 19.6 Å². The van der Waals surface area contributed by atoms with Gasteiger partial charge in [0.05, 0.1) is 0 Å². The van der Waals surface area contributed by atoms with Crippen molar-refractivity contribution in [1.82, 2.24) is 25.0 Å². The maximum absolute atomic E-state index is 12.5. The van der Waals surface area contributed by atoms with E-state index in [9.17, 15) is 4.79 Å². The van der Waals surface area contributed by atoms with Gasteiger partial charge < -0.3 is 10.2 Å². The van der Waals surface area contributed by atoms with Gasteiger partial charge in [-0.05, 0) is 25.1 Å². The summed E-state index contributed by atoms with van der Waals surface area (Å²) in [6, 6.07) is 7.44. The summed E-state index contributed by atoms with van der Waals surface area (Å²) in [5.41, 5.74) is 0.465. The maximum Gasteiger partial charge on any atom is 0.272 e. The van der Waals surface area contributed by atoms with Gasteiger partial charge in [-0.25, -0.2) is 9.67 Å². The second-order valence-electron chi connectivity index (χ2n) is 4.88. The molecule has 0 bridgehead atoms. The summed E-state index contributed by atoms with van der Waals surface area (Å²) in [6.45, 7) is 4.41. The zero-order chi connectivity index (χ0) is 13.9. The van der Waals surface area contributed by atoms with Crippen molar-refractivity contribution in [2.24, 2.45) is 0 Å². The van der Waals surface area contributed by atoms with Gasteiger partial charge in [0.2, 0.25) is 0 Å². The Kier molecular flexibility index (Phi) is 3.47. The topological polar surface area (TPSA) is 63.1 Å². The van der Waals surface area contributed by atoms with E-state index in [2.05, 4.69) is 15.4 Å². The summed E-state index contributed by atoms with van der Waals surface area (Å²) in [6.07, 6.45) is 3.50. The fourth-order valence-corrected chi connectivity index (χ4v) is 2.36. The Bertz CT molecular complexity index is 595. The molecule has 0 aromatic carbocycles. The molecule has 1 atom stereocenters. The molecule has 0 radical (unpaired) electrons. The molecule has 1 amide bonds. The van der Waals surface area contributed by atoms with Crippen molar-refractivity contribution in [3.05, 3.63) is 42.4 Å². The summed E-state index contributed by atoms with van der Waals surface area (Å²) in [5.74, 6) is 0.636. The van der Waals surface area contributed by atoms with Crippen LogP contribution in [0.2, 0.25) is 0 Å². The van der Waals surface area contributed by atoms with Crippen LogP contribution in [0.4, 0.5) is 0 Å². The number of nitrogens with one attached hydrogen (secondary N) is 1. The molecule has 1 saturated heterocycles. The molecule has 104 valence electrons. The highest BCUT2D eigenvalue weighted by molar-refractivity contribution is 5.92. The number of pyridine rings is 1. The van der Waals surface area contributed by atoms with Gasteiger partial charge in [0, 0.05) is 38.1 Å². The molecule has 0 spiro atoms. The minimum absolute atomic E-state index is 0.0204. The van der Waals surface area contributed by atoms with Crippen LogP contribution in [-0.2, 0) is 0 Å². The van der Waals surface area contributed by atoms with Crippen molar-refractivity contribution >= 4 is 5.91 Å². The summed E-state index contributed by atoms with van der Waals surface area (Å²) in [4.78, 5) is 18.8. The monoisotopic (exact) mass is 271 g/mol. The fourth-order valence-electron chi connectivity index (χ4n) is 2.36. The smallest absolute Gasteiger partial charge is 0.272 e. The van der Waals surface area contributed by atoms with Crippen LogP contribution in [0.25, 0.3) is 5.82 Å². The Labute approximate surface area is 117 Å². The average molecular weight is 271 g/mol. The molecular weight excluding hydrogens is 254 g/mol. The molecule has 1 unspecified atom stereocenters. The molecule has 2 aromatic rings. The van der Waals surface area contributed by atoms with Crippen LogP contribution in [0.1, 0.15) is 17.4 Å². The molecule has 1 fully saturated rings. The molecule has 1 N–H and O–H groups in total. The normalized spacial score (nSPS) is 19.1. The van der Waals surface area contributed by atoms with Crippen molar-refractivity contribution in [3.63, 3.8) is 0 Å². The number of hydrogen-bond acceptors (Lipinski definition) is 4. The lowest BCUT2D eigenvalue weighted by Gasteiger charge is -2.33. The van der Waals surface area contributed by atoms with Crippen LogP contribution >= 0.6 is 0 Å². The van der Waals surface area contributed by atoms with E-state index in [4.69, 9.17) is 0 Å². The van der Waals surface area contributed by atoms with Gasteiger partial charge in [-0.1, -0.05) is 6.07 Å². The van der Waals surface area contributed by atoms with Gasteiger partial charge in [-0.15, -0.1) is 0 Å². The highest BCUT2D eigenvalue weighted by Gasteiger charge is 2.25. The van der Waals surface area contributed by atoms with E-state index >= 15 is 0 Å². The molecule has 2 aromatic heterocycles. The molecule has 0 aliphatic carbocycles. The quantitative estimate of drug-likeness (QED) is 0.873. The second kappa shape index (κ2) is 5.42. The van der Waals surface area contributed by atoms with Gasteiger partial charge >= 0.3 is 0 Å². The number of carbonyl (C=O) groups is 1. The minimum Gasteiger partial charge on any atom is -0.332 e. The number of amides is 1. The maximum atomic E-state index is 12.5. The summed E-state index contributed by atoms with van der Waals surface area (Å²) < 4.78 is 1.65. The first-order chi connectivity index (χ1) is 9.75. The number of aromatic nitrogens is 3. The number of piperazine rings is 1. The average Bonchev–Trinajstić information content (AvgIpc) is 3.01. The summed E-state index contributed by atoms with van der Waals surface area (Å²) >= 11 is 0. The van der Waals surface area contributed by atoms with Gasteiger partial charge in [-0.2, -0.15) is 5.10 Å². The third kappa shape index (κ3) is 2.42. The van der Waals surface area contributed by atoms with Gasteiger partial charge in [0.25, 0.3) is 5.91 Å². The zero-order valence-corrected chi connectivity index (χ0v) is 11.4. The van der Waals surface area contributed by atoms with Crippen molar-refractivity contribution in [2.45, 2.75) is 13.0 Å². The fraction of sp³-hybridized carbons (Fsp3) is 0.357. The lowest BCUT2D eigenvalue weighted by Crippen LogP contribution is -2.52. The SMILES string of the molecule is CC1CNCCN1C(=O)c1cccc(-n2cccn2)n1. The van der Waals surface area contributed by atoms with Crippen LogP contribution in [0.5, 0.6) is 0 Å². The largest absolute Gasteiger partial charge is 0.332 e.